The molecule has 1 atom stereocenters. The molecule has 3 aliphatic heterocycles. The zero-order valence-electron chi connectivity index (χ0n) is 26.5. The highest BCUT2D eigenvalue weighted by atomic mass is 32.2. The molecule has 244 valence electrons. The molecule has 2 aromatic carbocycles. The minimum Gasteiger partial charge on any atom is -0.491 e. The minimum atomic E-state index is -4.15. The van der Waals surface area contributed by atoms with E-state index in [4.69, 9.17) is 4.74 Å². The second-order valence-electron chi connectivity index (χ2n) is 12.5. The van der Waals surface area contributed by atoms with Crippen molar-refractivity contribution in [3.8, 4) is 5.75 Å². The quantitative estimate of drug-likeness (QED) is 0.357. The van der Waals surface area contributed by atoms with Crippen LogP contribution in [0.4, 0.5) is 10.1 Å². The molecule has 0 bridgehead atoms. The third-order valence-corrected chi connectivity index (χ3v) is 12.4. The van der Waals surface area contributed by atoms with Gasteiger partial charge in [-0.05, 0) is 89.1 Å². The van der Waals surface area contributed by atoms with Crippen molar-refractivity contribution >= 4 is 37.2 Å². The third kappa shape index (κ3) is 6.76. The Labute approximate surface area is 268 Å². The average Bonchev–Trinajstić information content (AvgIpc) is 3.05. The van der Waals surface area contributed by atoms with Gasteiger partial charge < -0.3 is 19.4 Å². The van der Waals surface area contributed by atoms with E-state index >= 15 is 0 Å². The van der Waals surface area contributed by atoms with Crippen molar-refractivity contribution in [1.82, 2.24) is 19.7 Å². The predicted molar refractivity (Wildman–Crippen MR) is 176 cm³/mol. The summed E-state index contributed by atoms with van der Waals surface area (Å²) < 4.78 is 60.8. The molecule has 3 aliphatic rings. The van der Waals surface area contributed by atoms with Gasteiger partial charge in [-0.15, -0.1) is 0 Å². The Morgan fingerprint density at radius 2 is 1.56 bits per heavy atom. The summed E-state index contributed by atoms with van der Waals surface area (Å²) in [4.78, 5) is 14.8. The topological polar surface area (TPSA) is 86.3 Å². The second kappa shape index (κ2) is 13.6. The molecule has 3 saturated heterocycles. The van der Waals surface area contributed by atoms with Crippen LogP contribution in [0.1, 0.15) is 32.6 Å². The van der Waals surface area contributed by atoms with Gasteiger partial charge in [0.25, 0.3) is 0 Å². The lowest BCUT2D eigenvalue weighted by atomic mass is 9.96. The van der Waals surface area contributed by atoms with Gasteiger partial charge in [-0.3, -0.25) is 14.1 Å². The summed E-state index contributed by atoms with van der Waals surface area (Å²) in [5.74, 6) is -0.716. The number of rotatable bonds is 8. The van der Waals surface area contributed by atoms with E-state index < -0.39 is 26.5 Å². The van der Waals surface area contributed by atoms with Gasteiger partial charge in [-0.2, -0.15) is 0 Å². The number of hydrogen-bond acceptors (Lipinski definition) is 9. The first kappa shape index (κ1) is 32.3. The molecule has 3 aromatic rings. The molecule has 6 rings (SSSR count). The van der Waals surface area contributed by atoms with Gasteiger partial charge in [-0.1, -0.05) is 0 Å². The maximum Gasteiger partial charge on any atom is 0.210 e. The average molecular weight is 658 g/mol. The first-order valence-corrected chi connectivity index (χ1v) is 19.0. The van der Waals surface area contributed by atoms with Crippen LogP contribution in [0.25, 0.3) is 10.9 Å². The van der Waals surface area contributed by atoms with Gasteiger partial charge in [0.1, 0.15) is 4.90 Å². The number of piperazine rings is 1. The maximum atomic E-state index is 14.8. The molecule has 0 amide bonds. The number of benzene rings is 2. The molecule has 1 aromatic heterocycles. The second-order valence-corrected chi connectivity index (χ2v) is 15.8. The van der Waals surface area contributed by atoms with Crippen molar-refractivity contribution in [3.05, 3.63) is 48.4 Å². The third-order valence-electron chi connectivity index (χ3n) is 9.76. The molecule has 4 heterocycles. The lowest BCUT2D eigenvalue weighted by molar-refractivity contribution is 0.0495. The lowest BCUT2D eigenvalue weighted by Crippen LogP contribution is -2.54. The monoisotopic (exact) mass is 657 g/mol. The Bertz CT molecular complexity index is 1650. The van der Waals surface area contributed by atoms with E-state index in [0.29, 0.717) is 46.7 Å². The van der Waals surface area contributed by atoms with Crippen LogP contribution in [0.3, 0.4) is 0 Å². The van der Waals surface area contributed by atoms with Crippen molar-refractivity contribution in [3.63, 3.8) is 0 Å². The van der Waals surface area contributed by atoms with Crippen molar-refractivity contribution in [2.75, 3.05) is 77.2 Å². The van der Waals surface area contributed by atoms with E-state index in [9.17, 15) is 17.0 Å². The molecule has 9 nitrogen and oxygen atoms in total. The fraction of sp³-hybridized carbons (Fsp3) is 0.545. The Morgan fingerprint density at radius 1 is 0.911 bits per heavy atom. The smallest absolute Gasteiger partial charge is 0.210 e. The van der Waals surface area contributed by atoms with Crippen LogP contribution in [0.5, 0.6) is 5.75 Å². The molecular formula is C33H44FN5O4S2. The maximum absolute atomic E-state index is 14.8. The highest BCUT2D eigenvalue weighted by Crippen LogP contribution is 2.39. The number of piperidine rings is 2. The van der Waals surface area contributed by atoms with Crippen LogP contribution >= 0.6 is 0 Å². The first-order valence-electron chi connectivity index (χ1n) is 16.0. The first-order chi connectivity index (χ1) is 21.7. The van der Waals surface area contributed by atoms with Gasteiger partial charge in [0.15, 0.2) is 11.6 Å². The van der Waals surface area contributed by atoms with Crippen molar-refractivity contribution in [1.29, 1.82) is 0 Å². The van der Waals surface area contributed by atoms with Crippen LogP contribution in [0.15, 0.2) is 57.3 Å². The summed E-state index contributed by atoms with van der Waals surface area (Å²) in [7, 11) is -3.21. The van der Waals surface area contributed by atoms with E-state index in [1.807, 2.05) is 0 Å². The largest absolute Gasteiger partial charge is 0.491 e. The highest BCUT2D eigenvalue weighted by Gasteiger charge is 2.34. The van der Waals surface area contributed by atoms with Crippen molar-refractivity contribution < 1.29 is 21.8 Å². The standard InChI is InChI=1S/C33H44FN5O4S2/c1-4-43-31-8-6-27(22-29(31)34)45(41,42)32-23-35-30-7-5-26(44(3)40)21-28(30)33(32)39-15-11-24(12-16-39)37-13-9-25(10-14-37)38-19-17-36(2)18-20-38/h5-8,21-25H,4,9-20H2,1-3H3/t44-/m1/s1. The summed E-state index contributed by atoms with van der Waals surface area (Å²) in [6.07, 6.45) is 7.21. The van der Waals surface area contributed by atoms with E-state index in [0.717, 1.165) is 58.2 Å². The molecule has 0 radical (unpaired) electrons. The number of nitrogens with zero attached hydrogens (tertiary/aromatic N) is 5. The molecule has 0 saturated carbocycles. The summed E-state index contributed by atoms with van der Waals surface area (Å²) >= 11 is 0. The van der Waals surface area contributed by atoms with Crippen molar-refractivity contribution in [2.24, 2.45) is 0 Å². The summed E-state index contributed by atoms with van der Waals surface area (Å²) in [6.45, 7) is 10.2. The van der Waals surface area contributed by atoms with Gasteiger partial charge in [-0.25, -0.2) is 12.8 Å². The van der Waals surface area contributed by atoms with Crippen molar-refractivity contribution in [2.45, 2.75) is 59.4 Å². The number of pyridine rings is 1. The number of likely N-dealkylation sites (tertiary alicyclic amines) is 1. The Morgan fingerprint density at radius 3 is 2.18 bits per heavy atom. The molecule has 45 heavy (non-hydrogen) atoms. The van der Waals surface area contributed by atoms with E-state index in [1.165, 1.54) is 31.2 Å². The molecular weight excluding hydrogens is 614 g/mol. The number of hydrogen-bond donors (Lipinski definition) is 0. The lowest BCUT2D eigenvalue weighted by Gasteiger charge is -2.46. The number of likely N-dealkylation sites (N-methyl/N-ethyl adjacent to an activating group) is 1. The number of fused-ring (bicyclic) bond motifs is 1. The Kier molecular flexibility index (Phi) is 9.77. The molecule has 12 heteroatoms. The number of sulfone groups is 1. The SMILES string of the molecule is CCOc1ccc(S(=O)(=O)c2cnc3ccc([S@@](C)=O)cc3c2N2CCC(N3CCC(N4CCN(C)CC4)CC3)CC2)cc1F. The van der Waals surface area contributed by atoms with Gasteiger partial charge in [0.05, 0.1) is 22.7 Å². The number of anilines is 1. The van der Waals surface area contributed by atoms with Crippen LogP contribution in [-0.2, 0) is 20.6 Å². The molecule has 0 spiro atoms. The molecule has 3 fully saturated rings. The number of halogens is 1. The fourth-order valence-corrected chi connectivity index (χ4v) is 9.14. The molecule has 0 aliphatic carbocycles. The van der Waals surface area contributed by atoms with Crippen LogP contribution < -0.4 is 9.64 Å². The molecule has 0 unspecified atom stereocenters. The Balaban J connectivity index is 1.25. The Hall–Kier alpha value is -2.64. The van der Waals surface area contributed by atoms with Gasteiger partial charge in [0, 0.05) is 84.9 Å². The summed E-state index contributed by atoms with van der Waals surface area (Å²) in [5.41, 5.74) is 1.18. The zero-order valence-corrected chi connectivity index (χ0v) is 28.1. The van der Waals surface area contributed by atoms with E-state index in [-0.39, 0.29) is 22.1 Å². The number of ether oxygens (including phenoxy) is 1. The normalized spacial score (nSPS) is 20.9. The fourth-order valence-electron chi connectivity index (χ4n) is 7.15. The van der Waals surface area contributed by atoms with Crippen LogP contribution in [0, 0.1) is 5.82 Å². The van der Waals surface area contributed by atoms with Gasteiger partial charge >= 0.3 is 0 Å². The summed E-state index contributed by atoms with van der Waals surface area (Å²) in [5, 5.41) is 0.640. The highest BCUT2D eigenvalue weighted by molar-refractivity contribution is 7.91. The van der Waals surface area contributed by atoms with Gasteiger partial charge in [0.2, 0.25) is 9.84 Å². The van der Waals surface area contributed by atoms with E-state index in [1.54, 1.807) is 31.4 Å². The predicted octanol–water partition coefficient (Wildman–Crippen LogP) is 4.02. The summed E-state index contributed by atoms with van der Waals surface area (Å²) in [6, 6.07) is 10.2. The zero-order chi connectivity index (χ0) is 31.7. The van der Waals surface area contributed by atoms with E-state index in [2.05, 4.69) is 31.6 Å². The minimum absolute atomic E-state index is 0.0121. The van der Waals surface area contributed by atoms with Crippen LogP contribution in [0.2, 0.25) is 0 Å². The van der Waals surface area contributed by atoms with Crippen LogP contribution in [-0.4, -0.2) is 117 Å². The molecule has 0 N–H and O–H groups in total. The number of aromatic nitrogens is 1.